The molecule has 0 bridgehead atoms. The Kier molecular flexibility index (Phi) is 4.42. The molecule has 1 aliphatic carbocycles. The van der Waals surface area contributed by atoms with Crippen LogP contribution in [0.5, 0.6) is 0 Å². The molecule has 0 radical (unpaired) electrons. The van der Waals surface area contributed by atoms with Gasteiger partial charge in [0.05, 0.1) is 6.04 Å². The monoisotopic (exact) mass is 317 g/mol. The Labute approximate surface area is 139 Å². The molecule has 1 saturated carbocycles. The third kappa shape index (κ3) is 3.92. The van der Waals surface area contributed by atoms with Crippen LogP contribution < -0.4 is 0 Å². The number of hydrogen-bond acceptors (Lipinski definition) is 3. The fourth-order valence-electron chi connectivity index (χ4n) is 3.23. The molecule has 0 spiro atoms. The second-order valence-electron chi connectivity index (χ2n) is 7.54. The highest BCUT2D eigenvalue weighted by Gasteiger charge is 2.44. The summed E-state index contributed by atoms with van der Waals surface area (Å²) in [6.07, 6.45) is 3.24. The number of ether oxygens (including phenoxy) is 1. The molecule has 1 unspecified atom stereocenters. The molecular weight excluding hydrogens is 290 g/mol. The number of carbonyl (C=O) groups is 2. The van der Waals surface area contributed by atoms with Crippen LogP contribution in [0.25, 0.3) is 0 Å². The van der Waals surface area contributed by atoms with Crippen molar-refractivity contribution in [3.8, 4) is 0 Å². The van der Waals surface area contributed by atoms with Gasteiger partial charge in [-0.15, -0.1) is 0 Å². The van der Waals surface area contributed by atoms with E-state index in [1.54, 1.807) is 4.90 Å². The second kappa shape index (κ2) is 6.34. The van der Waals surface area contributed by atoms with Gasteiger partial charge in [0.2, 0.25) is 0 Å². The molecule has 1 saturated heterocycles. The number of piperidine rings is 1. The lowest BCUT2D eigenvalue weighted by molar-refractivity contribution is -0.128. The average molecular weight is 317 g/mol. The number of likely N-dealkylation sites (tertiary alicyclic amines) is 1. The fraction of sp³-hybridized carbons (Fsp3) is 0.579. The SMILES string of the molecule is CC1(C)CCN(C(=O)OCc2ccccc2)C(C(=O)C2CC2)C1.[HH]. The van der Waals surface area contributed by atoms with Crippen LogP contribution in [-0.2, 0) is 16.1 Å². The molecule has 4 nitrogen and oxygen atoms in total. The van der Waals surface area contributed by atoms with Crippen molar-refractivity contribution in [2.75, 3.05) is 6.54 Å². The predicted octanol–water partition coefficient (Wildman–Crippen LogP) is 4.04. The first kappa shape index (κ1) is 16.0. The number of carbonyl (C=O) groups excluding carboxylic acids is 2. The van der Waals surface area contributed by atoms with E-state index >= 15 is 0 Å². The normalized spacial score (nSPS) is 23.4. The van der Waals surface area contributed by atoms with E-state index in [1.165, 1.54) is 0 Å². The van der Waals surface area contributed by atoms with Gasteiger partial charge in [0.25, 0.3) is 0 Å². The number of nitrogens with zero attached hydrogens (tertiary/aromatic N) is 1. The summed E-state index contributed by atoms with van der Waals surface area (Å²) in [5.74, 6) is 0.396. The molecule has 4 heteroatoms. The standard InChI is InChI=1S/C19H25NO3.H2/c1-19(2)10-11-20(16(12-19)17(21)15-8-9-15)18(22)23-13-14-6-4-3-5-7-14;/h3-7,15-16H,8-13H2,1-2H3;1H. The van der Waals surface area contributed by atoms with Crippen LogP contribution in [-0.4, -0.2) is 29.4 Å². The summed E-state index contributed by atoms with van der Waals surface area (Å²) in [5.41, 5.74) is 1.06. The van der Waals surface area contributed by atoms with Crippen LogP contribution in [0, 0.1) is 11.3 Å². The molecule has 1 heterocycles. The first-order valence-corrected chi connectivity index (χ1v) is 8.47. The van der Waals surface area contributed by atoms with Crippen molar-refractivity contribution in [1.29, 1.82) is 0 Å². The smallest absolute Gasteiger partial charge is 0.410 e. The number of Topliss-reactive ketones (excluding diaryl/α,β-unsaturated/α-hetero) is 1. The second-order valence-corrected chi connectivity index (χ2v) is 7.54. The van der Waals surface area contributed by atoms with Crippen LogP contribution in [0.4, 0.5) is 4.79 Å². The molecule has 23 heavy (non-hydrogen) atoms. The molecule has 2 aliphatic rings. The molecule has 0 N–H and O–H groups in total. The minimum atomic E-state index is -0.358. The zero-order valence-corrected chi connectivity index (χ0v) is 14.0. The molecule has 0 aromatic heterocycles. The third-order valence-corrected chi connectivity index (χ3v) is 4.90. The molecule has 1 amide bonds. The quantitative estimate of drug-likeness (QED) is 0.842. The van der Waals surface area contributed by atoms with Gasteiger partial charge < -0.3 is 4.74 Å². The van der Waals surface area contributed by atoms with Crippen molar-refractivity contribution in [2.45, 2.75) is 52.2 Å². The van der Waals surface area contributed by atoms with Crippen LogP contribution >= 0.6 is 0 Å². The topological polar surface area (TPSA) is 46.6 Å². The van der Waals surface area contributed by atoms with E-state index in [1.807, 2.05) is 30.3 Å². The van der Waals surface area contributed by atoms with E-state index in [9.17, 15) is 9.59 Å². The van der Waals surface area contributed by atoms with Crippen molar-refractivity contribution >= 4 is 11.9 Å². The Bertz CT molecular complexity index is 584. The molecular formula is C19H27NO3. The van der Waals surface area contributed by atoms with E-state index in [4.69, 9.17) is 4.74 Å². The molecule has 1 atom stereocenters. The van der Waals surface area contributed by atoms with Crippen LogP contribution in [0.2, 0.25) is 0 Å². The minimum Gasteiger partial charge on any atom is -0.445 e. The van der Waals surface area contributed by atoms with Crippen molar-refractivity contribution < 1.29 is 15.8 Å². The number of rotatable bonds is 4. The Balaban J connectivity index is 0.00000208. The van der Waals surface area contributed by atoms with Crippen LogP contribution in [0.3, 0.4) is 0 Å². The molecule has 1 aliphatic heterocycles. The summed E-state index contributed by atoms with van der Waals surface area (Å²) in [6.45, 7) is 5.20. The van der Waals surface area contributed by atoms with Gasteiger partial charge in [-0.1, -0.05) is 44.2 Å². The Morgan fingerprint density at radius 2 is 1.96 bits per heavy atom. The summed E-state index contributed by atoms with van der Waals surface area (Å²) in [4.78, 5) is 26.7. The molecule has 2 fully saturated rings. The summed E-state index contributed by atoms with van der Waals surface area (Å²) >= 11 is 0. The largest absolute Gasteiger partial charge is 0.445 e. The highest BCUT2D eigenvalue weighted by atomic mass is 16.6. The van der Waals surface area contributed by atoms with Crippen molar-refractivity contribution in [2.24, 2.45) is 11.3 Å². The van der Waals surface area contributed by atoms with E-state index in [2.05, 4.69) is 13.8 Å². The number of benzene rings is 1. The first-order valence-electron chi connectivity index (χ1n) is 8.47. The van der Waals surface area contributed by atoms with Gasteiger partial charge in [-0.3, -0.25) is 9.69 Å². The van der Waals surface area contributed by atoms with E-state index in [-0.39, 0.29) is 37.3 Å². The zero-order valence-electron chi connectivity index (χ0n) is 14.0. The lowest BCUT2D eigenvalue weighted by Gasteiger charge is -2.42. The molecule has 1 aromatic rings. The van der Waals surface area contributed by atoms with E-state index in [0.717, 1.165) is 31.2 Å². The third-order valence-electron chi connectivity index (χ3n) is 4.90. The highest BCUT2D eigenvalue weighted by molar-refractivity contribution is 5.91. The van der Waals surface area contributed by atoms with Crippen LogP contribution in [0.1, 0.15) is 46.5 Å². The number of amides is 1. The van der Waals surface area contributed by atoms with Crippen molar-refractivity contribution in [1.82, 2.24) is 4.90 Å². The lowest BCUT2D eigenvalue weighted by atomic mass is 9.77. The average Bonchev–Trinajstić information content (AvgIpc) is 3.37. The molecule has 126 valence electrons. The first-order chi connectivity index (χ1) is 11.0. The summed E-state index contributed by atoms with van der Waals surface area (Å²) in [7, 11) is 0. The van der Waals surface area contributed by atoms with Gasteiger partial charge in [0.1, 0.15) is 6.61 Å². The number of hydrogen-bond donors (Lipinski definition) is 0. The van der Waals surface area contributed by atoms with Gasteiger partial charge in [0.15, 0.2) is 5.78 Å². The lowest BCUT2D eigenvalue weighted by Crippen LogP contribution is -2.52. The molecule has 3 rings (SSSR count). The Morgan fingerprint density at radius 3 is 2.61 bits per heavy atom. The minimum absolute atomic E-state index is 0. The summed E-state index contributed by atoms with van der Waals surface area (Å²) < 4.78 is 5.45. The Hall–Kier alpha value is -1.84. The molecule has 1 aromatic carbocycles. The maximum Gasteiger partial charge on any atom is 0.410 e. The fourth-order valence-corrected chi connectivity index (χ4v) is 3.23. The van der Waals surface area contributed by atoms with Crippen molar-refractivity contribution in [3.63, 3.8) is 0 Å². The highest BCUT2D eigenvalue weighted by Crippen LogP contribution is 2.39. The maximum absolute atomic E-state index is 12.6. The number of ketones is 1. The van der Waals surface area contributed by atoms with E-state index < -0.39 is 0 Å². The van der Waals surface area contributed by atoms with Crippen LogP contribution in [0.15, 0.2) is 30.3 Å². The summed E-state index contributed by atoms with van der Waals surface area (Å²) in [6, 6.07) is 9.33. The predicted molar refractivity (Wildman–Crippen MR) is 90.0 cm³/mol. The Morgan fingerprint density at radius 1 is 1.26 bits per heavy atom. The summed E-state index contributed by atoms with van der Waals surface area (Å²) in [5, 5.41) is 0. The van der Waals surface area contributed by atoms with Gasteiger partial charge >= 0.3 is 6.09 Å². The van der Waals surface area contributed by atoms with Gasteiger partial charge in [-0.25, -0.2) is 4.79 Å². The van der Waals surface area contributed by atoms with E-state index in [0.29, 0.717) is 6.54 Å². The maximum atomic E-state index is 12.6. The van der Waals surface area contributed by atoms with Gasteiger partial charge in [-0.05, 0) is 36.7 Å². The zero-order chi connectivity index (χ0) is 16.4. The van der Waals surface area contributed by atoms with Gasteiger partial charge in [0, 0.05) is 13.9 Å². The van der Waals surface area contributed by atoms with Crippen molar-refractivity contribution in [3.05, 3.63) is 35.9 Å². The van der Waals surface area contributed by atoms with Gasteiger partial charge in [-0.2, -0.15) is 0 Å².